The summed E-state index contributed by atoms with van der Waals surface area (Å²) in [4.78, 5) is 22.4. The third-order valence-electron chi connectivity index (χ3n) is 3.43. The Bertz CT molecular complexity index is 615. The number of anilines is 1. The minimum atomic E-state index is -0.240. The summed E-state index contributed by atoms with van der Waals surface area (Å²) >= 11 is 0. The molecule has 22 heavy (non-hydrogen) atoms. The molecule has 1 atom stereocenters. The normalized spacial score (nSPS) is 12.8. The van der Waals surface area contributed by atoms with Gasteiger partial charge in [-0.05, 0) is 19.1 Å². The molecule has 1 unspecified atom stereocenters. The van der Waals surface area contributed by atoms with Crippen molar-refractivity contribution < 1.29 is 9.21 Å². The van der Waals surface area contributed by atoms with Crippen LogP contribution >= 0.6 is 0 Å². The second-order valence-corrected chi connectivity index (χ2v) is 6.28. The highest BCUT2D eigenvalue weighted by molar-refractivity contribution is 5.89. The number of rotatable bonds is 3. The van der Waals surface area contributed by atoms with Crippen molar-refractivity contribution >= 4 is 11.7 Å². The number of carbonyl (C=O) groups excluding carboxylic acids is 1. The Kier molecular flexibility index (Phi) is 4.49. The van der Waals surface area contributed by atoms with Crippen LogP contribution in [0.25, 0.3) is 0 Å². The first-order valence-corrected chi connectivity index (χ1v) is 7.19. The number of hydrogen-bond acceptors (Lipinski definition) is 4. The summed E-state index contributed by atoms with van der Waals surface area (Å²) in [5.74, 6) is 1.47. The summed E-state index contributed by atoms with van der Waals surface area (Å²) in [6.07, 6.45) is 4.84. The molecule has 2 amide bonds. The second-order valence-electron chi connectivity index (χ2n) is 6.28. The molecular formula is C16H22N4O2. The van der Waals surface area contributed by atoms with Crippen LogP contribution in [0.4, 0.5) is 10.5 Å². The predicted molar refractivity (Wildman–Crippen MR) is 84.6 cm³/mol. The average Bonchev–Trinajstić information content (AvgIpc) is 2.99. The van der Waals surface area contributed by atoms with E-state index in [0.29, 0.717) is 5.69 Å². The van der Waals surface area contributed by atoms with Crippen LogP contribution in [0, 0.1) is 0 Å². The molecule has 0 saturated heterocycles. The minimum absolute atomic E-state index is 0.118. The Morgan fingerprint density at radius 2 is 1.95 bits per heavy atom. The van der Waals surface area contributed by atoms with Crippen LogP contribution in [-0.2, 0) is 5.41 Å². The number of hydrogen-bond donors (Lipinski definition) is 1. The summed E-state index contributed by atoms with van der Waals surface area (Å²) < 4.78 is 5.32. The Labute approximate surface area is 130 Å². The van der Waals surface area contributed by atoms with Gasteiger partial charge in [-0.25, -0.2) is 14.8 Å². The zero-order chi connectivity index (χ0) is 16.3. The van der Waals surface area contributed by atoms with Crippen molar-refractivity contribution in [2.75, 3.05) is 12.4 Å². The van der Waals surface area contributed by atoms with Crippen LogP contribution in [0.3, 0.4) is 0 Å². The molecule has 2 aromatic rings. The quantitative estimate of drug-likeness (QED) is 0.940. The van der Waals surface area contributed by atoms with Gasteiger partial charge in [0, 0.05) is 12.5 Å². The summed E-state index contributed by atoms with van der Waals surface area (Å²) in [5, 5.41) is 2.78. The molecule has 0 saturated carbocycles. The standard InChI is InChI=1S/C16H22N4O2/c1-11(13-7-6-8-22-13)20(5)15(21)19-12-9-17-14(18-10-12)16(2,3)4/h6-11H,1-5H3,(H,19,21). The van der Waals surface area contributed by atoms with Crippen molar-refractivity contribution in [3.63, 3.8) is 0 Å². The number of nitrogens with one attached hydrogen (secondary N) is 1. The van der Waals surface area contributed by atoms with Gasteiger partial charge in [-0.15, -0.1) is 0 Å². The maximum atomic E-state index is 12.2. The topological polar surface area (TPSA) is 71.3 Å². The van der Waals surface area contributed by atoms with Gasteiger partial charge >= 0.3 is 6.03 Å². The second kappa shape index (κ2) is 6.17. The molecule has 1 N–H and O–H groups in total. The van der Waals surface area contributed by atoms with Crippen molar-refractivity contribution in [3.05, 3.63) is 42.4 Å². The van der Waals surface area contributed by atoms with E-state index < -0.39 is 0 Å². The van der Waals surface area contributed by atoms with Crippen LogP contribution in [0.2, 0.25) is 0 Å². The lowest BCUT2D eigenvalue weighted by Crippen LogP contribution is -2.33. The van der Waals surface area contributed by atoms with Gasteiger partial charge in [-0.3, -0.25) is 0 Å². The Morgan fingerprint density at radius 1 is 1.32 bits per heavy atom. The largest absolute Gasteiger partial charge is 0.467 e. The van der Waals surface area contributed by atoms with E-state index in [1.165, 1.54) is 0 Å². The lowest BCUT2D eigenvalue weighted by molar-refractivity contribution is 0.201. The number of aromatic nitrogens is 2. The Morgan fingerprint density at radius 3 is 2.45 bits per heavy atom. The molecule has 0 aliphatic heterocycles. The Balaban J connectivity index is 2.02. The fourth-order valence-electron chi connectivity index (χ4n) is 1.89. The van der Waals surface area contributed by atoms with E-state index in [2.05, 4.69) is 15.3 Å². The maximum absolute atomic E-state index is 12.2. The fourth-order valence-corrected chi connectivity index (χ4v) is 1.89. The third-order valence-corrected chi connectivity index (χ3v) is 3.43. The molecule has 118 valence electrons. The van der Waals surface area contributed by atoms with Crippen molar-refractivity contribution in [2.45, 2.75) is 39.2 Å². The lowest BCUT2D eigenvalue weighted by Gasteiger charge is -2.23. The van der Waals surface area contributed by atoms with Crippen LogP contribution in [-0.4, -0.2) is 27.9 Å². The van der Waals surface area contributed by atoms with Crippen LogP contribution in [0.15, 0.2) is 35.2 Å². The number of furan rings is 1. The molecule has 6 nitrogen and oxygen atoms in total. The molecule has 0 aliphatic rings. The number of carbonyl (C=O) groups is 1. The summed E-state index contributed by atoms with van der Waals surface area (Å²) in [7, 11) is 1.72. The number of amides is 2. The van der Waals surface area contributed by atoms with E-state index in [4.69, 9.17) is 4.42 Å². The van der Waals surface area contributed by atoms with Crippen molar-refractivity contribution in [3.8, 4) is 0 Å². The van der Waals surface area contributed by atoms with E-state index in [1.54, 1.807) is 36.7 Å². The van der Waals surface area contributed by atoms with E-state index >= 15 is 0 Å². The highest BCUT2D eigenvalue weighted by atomic mass is 16.3. The SMILES string of the molecule is CC(c1ccco1)N(C)C(=O)Nc1cnc(C(C)(C)C)nc1. The van der Waals surface area contributed by atoms with E-state index in [-0.39, 0.29) is 17.5 Å². The first-order chi connectivity index (χ1) is 10.3. The van der Waals surface area contributed by atoms with Crippen molar-refractivity contribution in [1.29, 1.82) is 0 Å². The van der Waals surface area contributed by atoms with Crippen LogP contribution in [0.5, 0.6) is 0 Å². The predicted octanol–water partition coefficient (Wildman–Crippen LogP) is 3.59. The first kappa shape index (κ1) is 16.0. The molecular weight excluding hydrogens is 280 g/mol. The van der Waals surface area contributed by atoms with Gasteiger partial charge in [0.1, 0.15) is 11.6 Å². The molecule has 0 aromatic carbocycles. The van der Waals surface area contributed by atoms with Gasteiger partial charge in [0.05, 0.1) is 30.4 Å². The smallest absolute Gasteiger partial charge is 0.322 e. The average molecular weight is 302 g/mol. The van der Waals surface area contributed by atoms with Crippen LogP contribution in [0.1, 0.15) is 45.3 Å². The number of nitrogens with zero attached hydrogens (tertiary/aromatic N) is 3. The first-order valence-electron chi connectivity index (χ1n) is 7.19. The van der Waals surface area contributed by atoms with E-state index in [0.717, 1.165) is 11.6 Å². The highest BCUT2D eigenvalue weighted by Gasteiger charge is 2.20. The molecule has 0 fully saturated rings. The monoisotopic (exact) mass is 302 g/mol. The number of urea groups is 1. The summed E-state index contributed by atoms with van der Waals surface area (Å²) in [5.41, 5.74) is 0.448. The van der Waals surface area contributed by atoms with Crippen molar-refractivity contribution in [2.24, 2.45) is 0 Å². The van der Waals surface area contributed by atoms with Gasteiger partial charge in [0.15, 0.2) is 0 Å². The van der Waals surface area contributed by atoms with Gasteiger partial charge in [-0.2, -0.15) is 0 Å². The lowest BCUT2D eigenvalue weighted by atomic mass is 9.96. The Hall–Kier alpha value is -2.37. The molecule has 2 heterocycles. The zero-order valence-corrected chi connectivity index (χ0v) is 13.6. The molecule has 0 radical (unpaired) electrons. The van der Waals surface area contributed by atoms with Gasteiger partial charge in [-0.1, -0.05) is 20.8 Å². The zero-order valence-electron chi connectivity index (χ0n) is 13.6. The molecule has 6 heteroatoms. The minimum Gasteiger partial charge on any atom is -0.467 e. The molecule has 2 rings (SSSR count). The van der Waals surface area contributed by atoms with E-state index in [9.17, 15) is 4.79 Å². The maximum Gasteiger partial charge on any atom is 0.322 e. The molecule has 2 aromatic heterocycles. The molecule has 0 bridgehead atoms. The summed E-state index contributed by atoms with van der Waals surface area (Å²) in [6.45, 7) is 8.02. The molecule has 0 aliphatic carbocycles. The van der Waals surface area contributed by atoms with Gasteiger partial charge < -0.3 is 14.6 Å². The van der Waals surface area contributed by atoms with E-state index in [1.807, 2.05) is 33.8 Å². The molecule has 0 spiro atoms. The van der Waals surface area contributed by atoms with Crippen molar-refractivity contribution in [1.82, 2.24) is 14.9 Å². The third kappa shape index (κ3) is 3.63. The fraction of sp³-hybridized carbons (Fsp3) is 0.438. The van der Waals surface area contributed by atoms with Gasteiger partial charge in [0.2, 0.25) is 0 Å². The highest BCUT2D eigenvalue weighted by Crippen LogP contribution is 2.21. The van der Waals surface area contributed by atoms with Gasteiger partial charge in [0.25, 0.3) is 0 Å². The van der Waals surface area contributed by atoms with Crippen LogP contribution < -0.4 is 5.32 Å². The summed E-state index contributed by atoms with van der Waals surface area (Å²) in [6, 6.07) is 3.24.